The summed E-state index contributed by atoms with van der Waals surface area (Å²) >= 11 is 0. The van der Waals surface area contributed by atoms with Crippen molar-refractivity contribution in [2.24, 2.45) is 0 Å². The first-order chi connectivity index (χ1) is 8.56. The van der Waals surface area contributed by atoms with Crippen LogP contribution < -0.4 is 10.1 Å². The highest BCUT2D eigenvalue weighted by atomic mass is 16.5. The summed E-state index contributed by atoms with van der Waals surface area (Å²) in [6.45, 7) is 8.16. The van der Waals surface area contributed by atoms with Gasteiger partial charge in [-0.2, -0.15) is 0 Å². The maximum Gasteiger partial charge on any atom is 0.251 e. The molecule has 0 aliphatic carbocycles. The van der Waals surface area contributed by atoms with Crippen LogP contribution in [0, 0.1) is 0 Å². The predicted octanol–water partition coefficient (Wildman–Crippen LogP) is 3.39. The summed E-state index contributed by atoms with van der Waals surface area (Å²) in [7, 11) is 0. The molecular weight excluding hydrogens is 226 g/mol. The van der Waals surface area contributed by atoms with Gasteiger partial charge in [-0.05, 0) is 51.0 Å². The van der Waals surface area contributed by atoms with Gasteiger partial charge in [-0.1, -0.05) is 13.8 Å². The molecule has 0 fully saturated rings. The van der Waals surface area contributed by atoms with Crippen LogP contribution in [-0.4, -0.2) is 18.1 Å². The lowest BCUT2D eigenvalue weighted by Crippen LogP contribution is -2.31. The molecule has 1 N–H and O–H groups in total. The largest absolute Gasteiger partial charge is 0.491 e. The highest BCUT2D eigenvalue weighted by Gasteiger charge is 2.08. The van der Waals surface area contributed by atoms with Crippen LogP contribution in [0.1, 0.15) is 50.9 Å². The molecule has 0 spiro atoms. The molecule has 0 unspecified atom stereocenters. The smallest absolute Gasteiger partial charge is 0.251 e. The fourth-order valence-corrected chi connectivity index (χ4v) is 1.41. The van der Waals surface area contributed by atoms with Crippen molar-refractivity contribution in [3.63, 3.8) is 0 Å². The van der Waals surface area contributed by atoms with Gasteiger partial charge in [-0.15, -0.1) is 0 Å². The van der Waals surface area contributed by atoms with Gasteiger partial charge < -0.3 is 10.1 Å². The van der Waals surface area contributed by atoms with Gasteiger partial charge in [0.15, 0.2) is 0 Å². The van der Waals surface area contributed by atoms with Crippen LogP contribution in [0.3, 0.4) is 0 Å². The van der Waals surface area contributed by atoms with E-state index in [4.69, 9.17) is 4.74 Å². The van der Waals surface area contributed by atoms with E-state index in [9.17, 15) is 4.79 Å². The van der Waals surface area contributed by atoms with Crippen LogP contribution >= 0.6 is 0 Å². The minimum absolute atomic E-state index is 0.0283. The molecule has 1 rings (SSSR count). The Morgan fingerprint density at radius 2 is 1.78 bits per heavy atom. The number of hydrogen-bond acceptors (Lipinski definition) is 2. The Kier molecular flexibility index (Phi) is 5.69. The summed E-state index contributed by atoms with van der Waals surface area (Å²) in [6, 6.07) is 7.49. The van der Waals surface area contributed by atoms with Crippen LogP contribution in [0.25, 0.3) is 0 Å². The van der Waals surface area contributed by atoms with Crippen LogP contribution in [0.2, 0.25) is 0 Å². The van der Waals surface area contributed by atoms with Gasteiger partial charge in [0.2, 0.25) is 0 Å². The van der Waals surface area contributed by atoms with E-state index in [1.165, 1.54) is 0 Å². The van der Waals surface area contributed by atoms with Gasteiger partial charge in [-0.25, -0.2) is 0 Å². The molecule has 0 saturated carbocycles. The van der Waals surface area contributed by atoms with E-state index in [1.807, 2.05) is 32.9 Å². The standard InChI is InChI=1S/C15H23NO2/c1-5-11(3)16-15(17)13-7-9-14(10-8-13)18-12(4)6-2/h7-12H,5-6H2,1-4H3,(H,16,17)/t11-,12-/m0/s1. The second-order valence-corrected chi connectivity index (χ2v) is 4.64. The van der Waals surface area contributed by atoms with E-state index < -0.39 is 0 Å². The van der Waals surface area contributed by atoms with E-state index in [-0.39, 0.29) is 18.1 Å². The van der Waals surface area contributed by atoms with E-state index in [0.29, 0.717) is 5.56 Å². The number of hydrogen-bond donors (Lipinski definition) is 1. The van der Waals surface area contributed by atoms with Gasteiger partial charge in [-0.3, -0.25) is 4.79 Å². The fraction of sp³-hybridized carbons (Fsp3) is 0.533. The maximum atomic E-state index is 11.9. The zero-order chi connectivity index (χ0) is 13.5. The normalized spacial score (nSPS) is 13.8. The van der Waals surface area contributed by atoms with Crippen molar-refractivity contribution in [1.29, 1.82) is 0 Å². The lowest BCUT2D eigenvalue weighted by Gasteiger charge is -2.14. The molecule has 0 radical (unpaired) electrons. The number of carbonyl (C=O) groups is 1. The quantitative estimate of drug-likeness (QED) is 0.839. The second-order valence-electron chi connectivity index (χ2n) is 4.64. The molecule has 2 atom stereocenters. The summed E-state index contributed by atoms with van der Waals surface area (Å²) in [6.07, 6.45) is 2.10. The second kappa shape index (κ2) is 7.04. The summed E-state index contributed by atoms with van der Waals surface area (Å²) in [5.41, 5.74) is 0.673. The number of nitrogens with one attached hydrogen (secondary N) is 1. The third kappa shape index (κ3) is 4.40. The lowest BCUT2D eigenvalue weighted by molar-refractivity contribution is 0.0939. The molecule has 18 heavy (non-hydrogen) atoms. The average Bonchev–Trinajstić information content (AvgIpc) is 2.39. The molecule has 0 heterocycles. The number of rotatable bonds is 6. The summed E-state index contributed by atoms with van der Waals surface area (Å²) in [5.74, 6) is 0.781. The average molecular weight is 249 g/mol. The Bertz CT molecular complexity index is 373. The highest BCUT2D eigenvalue weighted by Crippen LogP contribution is 2.15. The summed E-state index contributed by atoms with van der Waals surface area (Å²) < 4.78 is 5.67. The summed E-state index contributed by atoms with van der Waals surface area (Å²) in [4.78, 5) is 11.9. The van der Waals surface area contributed by atoms with Crippen molar-refractivity contribution >= 4 is 5.91 Å². The van der Waals surface area contributed by atoms with Crippen molar-refractivity contribution < 1.29 is 9.53 Å². The SMILES string of the molecule is CC[C@H](C)NC(=O)c1ccc(O[C@@H](C)CC)cc1. The molecule has 0 bridgehead atoms. The molecule has 0 aliphatic heterocycles. The molecule has 1 aromatic rings. The summed E-state index contributed by atoms with van der Waals surface area (Å²) in [5, 5.41) is 2.94. The molecular formula is C15H23NO2. The molecule has 100 valence electrons. The van der Waals surface area contributed by atoms with Crippen molar-refractivity contribution in [2.45, 2.75) is 52.7 Å². The van der Waals surface area contributed by atoms with E-state index in [2.05, 4.69) is 12.2 Å². The first-order valence-electron chi connectivity index (χ1n) is 6.64. The topological polar surface area (TPSA) is 38.3 Å². The van der Waals surface area contributed by atoms with Crippen molar-refractivity contribution in [1.82, 2.24) is 5.32 Å². The first-order valence-corrected chi connectivity index (χ1v) is 6.64. The number of amides is 1. The Morgan fingerprint density at radius 3 is 2.28 bits per heavy atom. The van der Waals surface area contributed by atoms with Crippen LogP contribution in [0.15, 0.2) is 24.3 Å². The zero-order valence-electron chi connectivity index (χ0n) is 11.7. The molecule has 0 aromatic heterocycles. The minimum Gasteiger partial charge on any atom is -0.491 e. The molecule has 0 aliphatic rings. The highest BCUT2D eigenvalue weighted by molar-refractivity contribution is 5.94. The van der Waals surface area contributed by atoms with Crippen molar-refractivity contribution in [3.8, 4) is 5.75 Å². The van der Waals surface area contributed by atoms with Gasteiger partial charge in [0.1, 0.15) is 5.75 Å². The molecule has 1 aromatic carbocycles. The van der Waals surface area contributed by atoms with Gasteiger partial charge >= 0.3 is 0 Å². The van der Waals surface area contributed by atoms with E-state index in [1.54, 1.807) is 12.1 Å². The van der Waals surface area contributed by atoms with Gasteiger partial charge in [0, 0.05) is 11.6 Å². The monoisotopic (exact) mass is 249 g/mol. The van der Waals surface area contributed by atoms with Crippen LogP contribution in [-0.2, 0) is 0 Å². The predicted molar refractivity (Wildman–Crippen MR) is 74.0 cm³/mol. The Hall–Kier alpha value is -1.51. The molecule has 3 heteroatoms. The van der Waals surface area contributed by atoms with E-state index in [0.717, 1.165) is 18.6 Å². The third-order valence-corrected chi connectivity index (χ3v) is 3.02. The first kappa shape index (κ1) is 14.6. The van der Waals surface area contributed by atoms with Gasteiger partial charge in [0.05, 0.1) is 6.10 Å². The zero-order valence-corrected chi connectivity index (χ0v) is 11.7. The van der Waals surface area contributed by atoms with Crippen LogP contribution in [0.4, 0.5) is 0 Å². The van der Waals surface area contributed by atoms with Crippen LogP contribution in [0.5, 0.6) is 5.75 Å². The number of benzene rings is 1. The number of ether oxygens (including phenoxy) is 1. The Balaban J connectivity index is 2.62. The third-order valence-electron chi connectivity index (χ3n) is 3.02. The molecule has 0 saturated heterocycles. The number of carbonyl (C=O) groups excluding carboxylic acids is 1. The minimum atomic E-state index is -0.0283. The van der Waals surface area contributed by atoms with E-state index >= 15 is 0 Å². The van der Waals surface area contributed by atoms with Crippen molar-refractivity contribution in [3.05, 3.63) is 29.8 Å². The molecule has 3 nitrogen and oxygen atoms in total. The van der Waals surface area contributed by atoms with Gasteiger partial charge in [0.25, 0.3) is 5.91 Å². The Morgan fingerprint density at radius 1 is 1.17 bits per heavy atom. The maximum absolute atomic E-state index is 11.9. The van der Waals surface area contributed by atoms with Crippen molar-refractivity contribution in [2.75, 3.05) is 0 Å². The molecule has 1 amide bonds. The lowest BCUT2D eigenvalue weighted by atomic mass is 10.2. The fourth-order valence-electron chi connectivity index (χ4n) is 1.41. The Labute approximate surface area is 110 Å².